The van der Waals surface area contributed by atoms with E-state index < -0.39 is 23.8 Å². The normalized spacial score (nSPS) is 23.7. The molecule has 0 aromatic heterocycles. The molecule has 0 spiro atoms. The molecule has 1 aromatic carbocycles. The molecule has 0 saturated heterocycles. The van der Waals surface area contributed by atoms with Gasteiger partial charge in [-0.05, 0) is 43.9 Å². The third kappa shape index (κ3) is 3.86. The topological polar surface area (TPSA) is 81.7 Å². The monoisotopic (exact) mass is 451 g/mol. The Morgan fingerprint density at radius 3 is 2.53 bits per heavy atom. The minimum Gasteiger partial charge on any atom is -0.468 e. The van der Waals surface area contributed by atoms with E-state index in [1.165, 1.54) is 7.11 Å². The molecule has 1 N–H and O–H groups in total. The minimum absolute atomic E-state index is 0.186. The molecule has 0 saturated carbocycles. The average molecular weight is 452 g/mol. The Labute approximate surface area is 185 Å². The Hall–Kier alpha value is -2.31. The van der Waals surface area contributed by atoms with Gasteiger partial charge in [-0.15, -0.1) is 0 Å². The highest BCUT2D eigenvalue weighted by Crippen LogP contribution is 2.46. The van der Waals surface area contributed by atoms with Crippen LogP contribution in [0, 0.1) is 11.8 Å². The maximum atomic E-state index is 13.5. The fourth-order valence-electron chi connectivity index (χ4n) is 4.19. The number of nitrogens with one attached hydrogen (secondary N) is 1. The molecular weight excluding hydrogens is 429 g/mol. The number of hydrogen-bond acceptors (Lipinski definition) is 6. The van der Waals surface area contributed by atoms with Gasteiger partial charge in [-0.2, -0.15) is 0 Å². The molecule has 30 heavy (non-hydrogen) atoms. The summed E-state index contributed by atoms with van der Waals surface area (Å²) in [6.45, 7) is 5.50. The maximum absolute atomic E-state index is 13.5. The molecule has 0 fully saturated rings. The van der Waals surface area contributed by atoms with Gasteiger partial charge in [-0.3, -0.25) is 9.59 Å². The number of dihydropyridines is 1. The largest absolute Gasteiger partial charge is 0.468 e. The van der Waals surface area contributed by atoms with Gasteiger partial charge in [0.2, 0.25) is 0 Å². The highest BCUT2D eigenvalue weighted by atomic mass is 35.5. The van der Waals surface area contributed by atoms with Crippen molar-refractivity contribution in [3.8, 4) is 0 Å². The third-order valence-electron chi connectivity index (χ3n) is 5.52. The van der Waals surface area contributed by atoms with E-state index in [0.29, 0.717) is 44.6 Å². The van der Waals surface area contributed by atoms with Crippen LogP contribution in [0.4, 0.5) is 0 Å². The molecule has 2 aliphatic rings. The Bertz CT molecular complexity index is 982. The molecule has 0 radical (unpaired) electrons. The van der Waals surface area contributed by atoms with Crippen LogP contribution >= 0.6 is 23.2 Å². The van der Waals surface area contributed by atoms with E-state index >= 15 is 0 Å². The number of carbonyl (C=O) groups excluding carboxylic acids is 3. The van der Waals surface area contributed by atoms with Crippen LogP contribution in [0.5, 0.6) is 0 Å². The number of allylic oxidation sites excluding steroid dienone is 3. The zero-order chi connectivity index (χ0) is 22.2. The van der Waals surface area contributed by atoms with Crippen molar-refractivity contribution in [2.75, 3.05) is 13.7 Å². The number of rotatable bonds is 4. The van der Waals surface area contributed by atoms with E-state index in [0.717, 1.165) is 0 Å². The first kappa shape index (κ1) is 22.4. The predicted molar refractivity (Wildman–Crippen MR) is 113 cm³/mol. The van der Waals surface area contributed by atoms with Gasteiger partial charge >= 0.3 is 11.9 Å². The standard InChI is InChI=1S/C22H23Cl2NO5/c1-5-30-22(28)17-11(3)25-15-8-10(2)16(21(27)29-4)20(26)19(15)18(17)12-6-7-13(23)14(24)9-12/h6-7,9-10,16,18,25H,5,8H2,1-4H3/t10-,16-,18+/m1/s1. The molecule has 8 heteroatoms. The van der Waals surface area contributed by atoms with Gasteiger partial charge in [0.25, 0.3) is 0 Å². The van der Waals surface area contributed by atoms with Gasteiger partial charge in [-0.1, -0.05) is 36.2 Å². The Morgan fingerprint density at radius 1 is 1.23 bits per heavy atom. The molecule has 1 aliphatic heterocycles. The summed E-state index contributed by atoms with van der Waals surface area (Å²) >= 11 is 12.3. The number of hydrogen-bond donors (Lipinski definition) is 1. The fourth-order valence-corrected chi connectivity index (χ4v) is 4.49. The lowest BCUT2D eigenvalue weighted by Gasteiger charge is -2.38. The molecule has 0 unspecified atom stereocenters. The molecule has 0 bridgehead atoms. The summed E-state index contributed by atoms with van der Waals surface area (Å²) in [6, 6.07) is 4.97. The van der Waals surface area contributed by atoms with Gasteiger partial charge in [0.05, 0.1) is 29.3 Å². The van der Waals surface area contributed by atoms with Gasteiger partial charge in [0, 0.05) is 22.9 Å². The molecule has 6 nitrogen and oxygen atoms in total. The van der Waals surface area contributed by atoms with E-state index in [-0.39, 0.29) is 18.3 Å². The van der Waals surface area contributed by atoms with Crippen LogP contribution in [-0.2, 0) is 23.9 Å². The summed E-state index contributed by atoms with van der Waals surface area (Å²) in [4.78, 5) is 38.7. The number of ketones is 1. The van der Waals surface area contributed by atoms with E-state index in [1.807, 2.05) is 6.92 Å². The van der Waals surface area contributed by atoms with Crippen molar-refractivity contribution in [2.24, 2.45) is 11.8 Å². The quantitative estimate of drug-likeness (QED) is 0.546. The zero-order valence-corrected chi connectivity index (χ0v) is 18.7. The summed E-state index contributed by atoms with van der Waals surface area (Å²) in [7, 11) is 1.26. The van der Waals surface area contributed by atoms with Crippen LogP contribution in [0.2, 0.25) is 10.0 Å². The summed E-state index contributed by atoms with van der Waals surface area (Å²) in [5.41, 5.74) is 2.57. The lowest BCUT2D eigenvalue weighted by Crippen LogP contribution is -2.43. The van der Waals surface area contributed by atoms with Crippen LogP contribution in [-0.4, -0.2) is 31.4 Å². The lowest BCUT2D eigenvalue weighted by molar-refractivity contribution is -0.151. The van der Waals surface area contributed by atoms with E-state index in [4.69, 9.17) is 32.7 Å². The lowest BCUT2D eigenvalue weighted by atomic mass is 9.69. The van der Waals surface area contributed by atoms with Gasteiger partial charge in [0.15, 0.2) is 5.78 Å². The molecule has 160 valence electrons. The van der Waals surface area contributed by atoms with Gasteiger partial charge in [-0.25, -0.2) is 4.79 Å². The molecular formula is C22H23Cl2NO5. The number of carbonyl (C=O) groups is 3. The van der Waals surface area contributed by atoms with E-state index in [9.17, 15) is 14.4 Å². The number of esters is 2. The summed E-state index contributed by atoms with van der Waals surface area (Å²) < 4.78 is 10.1. The maximum Gasteiger partial charge on any atom is 0.336 e. The molecule has 1 aromatic rings. The highest BCUT2D eigenvalue weighted by Gasteiger charge is 2.47. The van der Waals surface area contributed by atoms with Crippen LogP contribution < -0.4 is 5.32 Å². The van der Waals surface area contributed by atoms with Crippen LogP contribution in [0.3, 0.4) is 0 Å². The van der Waals surface area contributed by atoms with Gasteiger partial charge in [0.1, 0.15) is 5.92 Å². The molecule has 3 atom stereocenters. The van der Waals surface area contributed by atoms with Crippen molar-refractivity contribution in [1.29, 1.82) is 0 Å². The van der Waals surface area contributed by atoms with Crippen molar-refractivity contribution in [3.05, 3.63) is 56.3 Å². The second-order valence-corrected chi connectivity index (χ2v) is 8.24. The number of halogens is 2. The Balaban J connectivity index is 2.21. The second-order valence-electron chi connectivity index (χ2n) is 7.43. The molecule has 1 aliphatic carbocycles. The van der Waals surface area contributed by atoms with Crippen LogP contribution in [0.15, 0.2) is 40.7 Å². The second kappa shape index (κ2) is 8.82. The minimum atomic E-state index is -0.942. The molecule has 0 amide bonds. The van der Waals surface area contributed by atoms with Crippen molar-refractivity contribution in [1.82, 2.24) is 5.32 Å². The number of Topliss-reactive ketones (excluding diaryl/α,β-unsaturated/α-hetero) is 1. The smallest absolute Gasteiger partial charge is 0.336 e. The summed E-state index contributed by atoms with van der Waals surface area (Å²) in [5, 5.41) is 3.86. The van der Waals surface area contributed by atoms with Crippen molar-refractivity contribution in [3.63, 3.8) is 0 Å². The summed E-state index contributed by atoms with van der Waals surface area (Å²) in [6.07, 6.45) is 0.464. The highest BCUT2D eigenvalue weighted by molar-refractivity contribution is 6.42. The Morgan fingerprint density at radius 2 is 1.93 bits per heavy atom. The number of benzene rings is 1. The average Bonchev–Trinajstić information content (AvgIpc) is 2.68. The van der Waals surface area contributed by atoms with E-state index in [1.54, 1.807) is 32.0 Å². The molecule has 3 rings (SSSR count). The third-order valence-corrected chi connectivity index (χ3v) is 6.25. The number of methoxy groups -OCH3 is 1. The van der Waals surface area contributed by atoms with Crippen molar-refractivity contribution >= 4 is 40.9 Å². The first-order valence-electron chi connectivity index (χ1n) is 9.66. The van der Waals surface area contributed by atoms with Crippen molar-refractivity contribution in [2.45, 2.75) is 33.1 Å². The molecule has 1 heterocycles. The van der Waals surface area contributed by atoms with Crippen LogP contribution in [0.25, 0.3) is 0 Å². The Kier molecular flexibility index (Phi) is 6.58. The first-order chi connectivity index (χ1) is 14.2. The fraction of sp³-hybridized carbons (Fsp3) is 0.409. The number of ether oxygens (including phenoxy) is 2. The summed E-state index contributed by atoms with van der Waals surface area (Å²) in [5.74, 6) is -3.41. The van der Waals surface area contributed by atoms with Gasteiger partial charge < -0.3 is 14.8 Å². The van der Waals surface area contributed by atoms with Crippen molar-refractivity contribution < 1.29 is 23.9 Å². The zero-order valence-electron chi connectivity index (χ0n) is 17.2. The SMILES string of the molecule is CCOC(=O)C1=C(C)NC2=C(C(=O)[C@H](C(=O)OC)[C@H](C)C2)[C@H]1c1ccc(Cl)c(Cl)c1. The van der Waals surface area contributed by atoms with E-state index in [2.05, 4.69) is 5.32 Å². The predicted octanol–water partition coefficient (Wildman–Crippen LogP) is 4.17. The first-order valence-corrected chi connectivity index (χ1v) is 10.4. The van der Waals surface area contributed by atoms with Crippen LogP contribution in [0.1, 0.15) is 38.7 Å².